The number of halogens is 2. The lowest BCUT2D eigenvalue weighted by Gasteiger charge is -2.05. The average Bonchev–Trinajstić information content (AvgIpc) is 2.39. The van der Waals surface area contributed by atoms with Crippen LogP contribution < -0.4 is 0 Å². The minimum absolute atomic E-state index is 0.577. The molecule has 0 amide bonds. The van der Waals surface area contributed by atoms with Crippen LogP contribution in [0.1, 0.15) is 11.1 Å². The first-order chi connectivity index (χ1) is 8.70. The molecule has 1 aromatic carbocycles. The normalized spacial score (nSPS) is 10.1. The molecule has 0 aliphatic rings. The van der Waals surface area contributed by atoms with Crippen molar-refractivity contribution in [1.82, 2.24) is 4.98 Å². The van der Waals surface area contributed by atoms with Gasteiger partial charge in [-0.05, 0) is 45.8 Å². The Morgan fingerprint density at radius 1 is 1.39 bits per heavy atom. The van der Waals surface area contributed by atoms with Crippen LogP contribution in [0.15, 0.2) is 46.0 Å². The lowest BCUT2D eigenvalue weighted by atomic mass is 10.2. The van der Waals surface area contributed by atoms with E-state index in [0.29, 0.717) is 10.6 Å². The second-order valence-corrected chi connectivity index (χ2v) is 5.72. The highest BCUT2D eigenvalue weighted by molar-refractivity contribution is 9.10. The van der Waals surface area contributed by atoms with E-state index in [2.05, 4.69) is 27.0 Å². The Morgan fingerprint density at radius 2 is 2.22 bits per heavy atom. The third-order valence-electron chi connectivity index (χ3n) is 2.27. The predicted molar refractivity (Wildman–Crippen MR) is 77.7 cm³/mol. The van der Waals surface area contributed by atoms with Crippen molar-refractivity contribution >= 4 is 39.3 Å². The number of hydrogen-bond acceptors (Lipinski definition) is 3. The highest BCUT2D eigenvalue weighted by atomic mass is 79.9. The number of nitriles is 1. The van der Waals surface area contributed by atoms with Crippen molar-refractivity contribution in [3.63, 3.8) is 0 Å². The van der Waals surface area contributed by atoms with E-state index >= 15 is 0 Å². The maximum atomic E-state index is 8.77. The molecule has 0 spiro atoms. The molecule has 0 aliphatic heterocycles. The molecule has 1 aromatic heterocycles. The molecule has 2 rings (SSSR count). The molecule has 0 unspecified atom stereocenters. The molecule has 0 saturated heterocycles. The maximum absolute atomic E-state index is 8.77. The molecule has 0 aliphatic carbocycles. The number of benzene rings is 1. The molecular formula is C13H8BrClN2S. The van der Waals surface area contributed by atoms with Gasteiger partial charge >= 0.3 is 0 Å². The number of aromatic nitrogens is 1. The van der Waals surface area contributed by atoms with Gasteiger partial charge in [0, 0.05) is 21.4 Å². The summed E-state index contributed by atoms with van der Waals surface area (Å²) in [7, 11) is 0. The Morgan fingerprint density at radius 3 is 2.89 bits per heavy atom. The highest BCUT2D eigenvalue weighted by Gasteiger charge is 2.05. The number of thioether (sulfide) groups is 1. The number of pyridine rings is 1. The van der Waals surface area contributed by atoms with Gasteiger partial charge in [0.15, 0.2) is 0 Å². The number of nitrogens with zero attached hydrogens (tertiary/aromatic N) is 2. The Balaban J connectivity index is 2.12. The smallest absolute Gasteiger partial charge is 0.110 e. The molecule has 0 bridgehead atoms. The first kappa shape index (κ1) is 13.4. The van der Waals surface area contributed by atoms with E-state index in [1.54, 1.807) is 30.1 Å². The van der Waals surface area contributed by atoms with Gasteiger partial charge in [0.05, 0.1) is 11.6 Å². The van der Waals surface area contributed by atoms with Gasteiger partial charge in [-0.25, -0.2) is 4.98 Å². The van der Waals surface area contributed by atoms with Crippen LogP contribution in [-0.4, -0.2) is 4.98 Å². The van der Waals surface area contributed by atoms with Crippen molar-refractivity contribution < 1.29 is 0 Å². The molecule has 0 atom stereocenters. The first-order valence-corrected chi connectivity index (χ1v) is 7.28. The molecule has 0 radical (unpaired) electrons. The van der Waals surface area contributed by atoms with E-state index in [1.807, 2.05) is 18.2 Å². The zero-order valence-electron chi connectivity index (χ0n) is 9.23. The molecule has 90 valence electrons. The highest BCUT2D eigenvalue weighted by Crippen LogP contribution is 2.30. The fourth-order valence-corrected chi connectivity index (χ4v) is 3.17. The first-order valence-electron chi connectivity index (χ1n) is 5.12. The van der Waals surface area contributed by atoms with Gasteiger partial charge in [0.2, 0.25) is 0 Å². The fraction of sp³-hybridized carbons (Fsp3) is 0.0769. The third kappa shape index (κ3) is 3.26. The largest absolute Gasteiger partial charge is 0.249 e. The van der Waals surface area contributed by atoms with Crippen LogP contribution in [0.3, 0.4) is 0 Å². The van der Waals surface area contributed by atoms with Crippen molar-refractivity contribution in [1.29, 1.82) is 5.26 Å². The second-order valence-electron chi connectivity index (χ2n) is 3.50. The Kier molecular flexibility index (Phi) is 4.65. The van der Waals surface area contributed by atoms with Crippen LogP contribution in [0.25, 0.3) is 0 Å². The molecular weight excluding hydrogens is 332 g/mol. The van der Waals surface area contributed by atoms with E-state index in [1.165, 1.54) is 0 Å². The molecule has 0 fully saturated rings. The quantitative estimate of drug-likeness (QED) is 0.763. The minimum atomic E-state index is 0.577. The summed E-state index contributed by atoms with van der Waals surface area (Å²) in [6, 6.07) is 11.2. The van der Waals surface area contributed by atoms with Gasteiger partial charge in [0.25, 0.3) is 0 Å². The zero-order chi connectivity index (χ0) is 13.0. The lowest BCUT2D eigenvalue weighted by molar-refractivity contribution is 1.11. The van der Waals surface area contributed by atoms with Crippen LogP contribution in [-0.2, 0) is 5.75 Å². The molecule has 18 heavy (non-hydrogen) atoms. The van der Waals surface area contributed by atoms with Gasteiger partial charge < -0.3 is 0 Å². The van der Waals surface area contributed by atoms with Gasteiger partial charge in [-0.3, -0.25) is 0 Å². The minimum Gasteiger partial charge on any atom is -0.249 e. The van der Waals surface area contributed by atoms with E-state index in [0.717, 1.165) is 20.8 Å². The maximum Gasteiger partial charge on any atom is 0.110 e. The molecule has 2 nitrogen and oxygen atoms in total. The lowest BCUT2D eigenvalue weighted by Crippen LogP contribution is -1.86. The second kappa shape index (κ2) is 6.24. The number of rotatable bonds is 3. The van der Waals surface area contributed by atoms with E-state index < -0.39 is 0 Å². The van der Waals surface area contributed by atoms with Crippen molar-refractivity contribution in [2.75, 3.05) is 0 Å². The SMILES string of the molecule is N#Cc1ccc(CSc2ncccc2Br)c(Cl)c1. The topological polar surface area (TPSA) is 36.7 Å². The standard InChI is InChI=1S/C13H8BrClN2S/c14-11-2-1-5-17-13(11)18-8-10-4-3-9(7-16)6-12(10)15/h1-6H,8H2. The van der Waals surface area contributed by atoms with Gasteiger partial charge in [0.1, 0.15) is 5.03 Å². The van der Waals surface area contributed by atoms with Gasteiger partial charge in [-0.15, -0.1) is 11.8 Å². The van der Waals surface area contributed by atoms with Gasteiger partial charge in [-0.1, -0.05) is 17.7 Å². The van der Waals surface area contributed by atoms with Crippen LogP contribution in [0, 0.1) is 11.3 Å². The fourth-order valence-electron chi connectivity index (χ4n) is 1.36. The van der Waals surface area contributed by atoms with Crippen LogP contribution in [0.4, 0.5) is 0 Å². The molecule has 0 saturated carbocycles. The van der Waals surface area contributed by atoms with Crippen LogP contribution in [0.2, 0.25) is 5.02 Å². The monoisotopic (exact) mass is 338 g/mol. The summed E-state index contributed by atoms with van der Waals surface area (Å²) in [5.41, 5.74) is 1.57. The summed E-state index contributed by atoms with van der Waals surface area (Å²) in [6.07, 6.45) is 1.76. The van der Waals surface area contributed by atoms with Crippen LogP contribution >= 0.6 is 39.3 Å². The van der Waals surface area contributed by atoms with Crippen molar-refractivity contribution in [2.45, 2.75) is 10.8 Å². The predicted octanol–water partition coefficient (Wildman–Crippen LogP) is 4.66. The Hall–Kier alpha value is -1.02. The zero-order valence-corrected chi connectivity index (χ0v) is 12.4. The molecule has 2 aromatic rings. The molecule has 0 N–H and O–H groups in total. The molecule has 5 heteroatoms. The summed E-state index contributed by atoms with van der Waals surface area (Å²) >= 11 is 11.2. The number of hydrogen-bond donors (Lipinski definition) is 0. The Bertz CT molecular complexity index is 610. The van der Waals surface area contributed by atoms with Crippen molar-refractivity contribution in [3.05, 3.63) is 57.2 Å². The van der Waals surface area contributed by atoms with Gasteiger partial charge in [-0.2, -0.15) is 5.26 Å². The van der Waals surface area contributed by atoms with E-state index in [9.17, 15) is 0 Å². The third-order valence-corrected chi connectivity index (χ3v) is 4.58. The summed E-state index contributed by atoms with van der Waals surface area (Å²) in [5, 5.41) is 10.3. The van der Waals surface area contributed by atoms with Crippen molar-refractivity contribution in [2.24, 2.45) is 0 Å². The van der Waals surface area contributed by atoms with E-state index in [4.69, 9.17) is 16.9 Å². The summed E-state index contributed by atoms with van der Waals surface area (Å²) < 4.78 is 0.972. The Labute approximate surface area is 123 Å². The summed E-state index contributed by atoms with van der Waals surface area (Å²) in [5.74, 6) is 0.722. The summed E-state index contributed by atoms with van der Waals surface area (Å²) in [6.45, 7) is 0. The average molecular weight is 340 g/mol. The van der Waals surface area contributed by atoms with E-state index in [-0.39, 0.29) is 0 Å². The molecule has 1 heterocycles. The summed E-state index contributed by atoms with van der Waals surface area (Å²) in [4.78, 5) is 4.28. The van der Waals surface area contributed by atoms with Crippen molar-refractivity contribution in [3.8, 4) is 6.07 Å². The van der Waals surface area contributed by atoms with Crippen LogP contribution in [0.5, 0.6) is 0 Å².